The largest absolute Gasteiger partial charge is 0.493 e. The normalized spacial score (nSPS) is 11.7. The van der Waals surface area contributed by atoms with E-state index in [1.807, 2.05) is 30.3 Å². The molecule has 7 nitrogen and oxygen atoms in total. The Morgan fingerprint density at radius 2 is 2.05 bits per heavy atom. The topological polar surface area (TPSA) is 93.5 Å². The molecule has 0 fully saturated rings. The average Bonchev–Trinajstić information content (AvgIpc) is 2.97. The molecule has 2 rings (SSSR count). The van der Waals surface area contributed by atoms with Gasteiger partial charge in [-0.1, -0.05) is 25.1 Å². The van der Waals surface area contributed by atoms with Gasteiger partial charge in [-0.3, -0.25) is 9.59 Å². The lowest BCUT2D eigenvalue weighted by atomic mass is 10.2. The third-order valence-corrected chi connectivity index (χ3v) is 3.13. The molecule has 0 spiro atoms. The number of hydrogen-bond donors (Lipinski definition) is 2. The highest BCUT2D eigenvalue weighted by Gasteiger charge is 2.20. The van der Waals surface area contributed by atoms with Crippen molar-refractivity contribution >= 4 is 11.9 Å². The van der Waals surface area contributed by atoms with Crippen LogP contribution in [0.4, 0.5) is 0 Å². The van der Waals surface area contributed by atoms with Gasteiger partial charge in [-0.2, -0.15) is 5.10 Å². The first-order valence-corrected chi connectivity index (χ1v) is 6.73. The Morgan fingerprint density at radius 3 is 2.64 bits per heavy atom. The summed E-state index contributed by atoms with van der Waals surface area (Å²) in [4.78, 5) is 22.9. The van der Waals surface area contributed by atoms with Crippen molar-refractivity contribution < 1.29 is 19.4 Å². The minimum absolute atomic E-state index is 0.0233. The summed E-state index contributed by atoms with van der Waals surface area (Å²) < 4.78 is 6.70. The maximum atomic E-state index is 12.1. The van der Waals surface area contributed by atoms with Crippen LogP contribution in [-0.4, -0.2) is 40.4 Å². The van der Waals surface area contributed by atoms with E-state index in [1.165, 1.54) is 18.7 Å². The van der Waals surface area contributed by atoms with Gasteiger partial charge in [0.15, 0.2) is 11.4 Å². The first kappa shape index (κ1) is 15.6. The van der Waals surface area contributed by atoms with E-state index in [4.69, 9.17) is 9.84 Å². The average molecular weight is 303 g/mol. The van der Waals surface area contributed by atoms with Crippen LogP contribution in [0.1, 0.15) is 17.4 Å². The van der Waals surface area contributed by atoms with Crippen molar-refractivity contribution in [2.45, 2.75) is 6.92 Å². The highest BCUT2D eigenvalue weighted by atomic mass is 16.5. The summed E-state index contributed by atoms with van der Waals surface area (Å²) in [6.07, 6.45) is 1.60. The highest BCUT2D eigenvalue weighted by molar-refractivity contribution is 5.95. The Hall–Kier alpha value is -2.83. The van der Waals surface area contributed by atoms with Crippen LogP contribution in [0.25, 0.3) is 5.69 Å². The zero-order chi connectivity index (χ0) is 16.1. The van der Waals surface area contributed by atoms with Crippen LogP contribution in [0.15, 0.2) is 36.5 Å². The summed E-state index contributed by atoms with van der Waals surface area (Å²) in [6.45, 7) is 1.54. The van der Waals surface area contributed by atoms with Gasteiger partial charge in [0.25, 0.3) is 5.91 Å². The van der Waals surface area contributed by atoms with E-state index in [2.05, 4.69) is 10.4 Å². The van der Waals surface area contributed by atoms with Crippen LogP contribution in [0.3, 0.4) is 0 Å². The number of nitrogens with one attached hydrogen (secondary N) is 1. The quantitative estimate of drug-likeness (QED) is 0.839. The Bertz CT molecular complexity index is 667. The number of carbonyl (C=O) groups is 2. The molecule has 2 aromatic rings. The highest BCUT2D eigenvalue weighted by Crippen LogP contribution is 2.19. The van der Waals surface area contributed by atoms with Gasteiger partial charge in [0, 0.05) is 6.54 Å². The SMILES string of the molecule is COc1cn(-c2ccccc2)nc1C(=O)NCC(C)C(=O)O. The lowest BCUT2D eigenvalue weighted by molar-refractivity contribution is -0.140. The number of carbonyl (C=O) groups excluding carboxylic acids is 1. The molecule has 22 heavy (non-hydrogen) atoms. The van der Waals surface area contributed by atoms with Crippen molar-refractivity contribution in [3.8, 4) is 11.4 Å². The van der Waals surface area contributed by atoms with E-state index >= 15 is 0 Å². The van der Waals surface area contributed by atoms with Gasteiger partial charge in [-0.25, -0.2) is 4.68 Å². The predicted octanol–water partition coefficient (Wildman–Crippen LogP) is 1.33. The molecule has 0 aliphatic heterocycles. The predicted molar refractivity (Wildman–Crippen MR) is 79.2 cm³/mol. The number of rotatable bonds is 6. The maximum Gasteiger partial charge on any atom is 0.308 e. The number of ether oxygens (including phenoxy) is 1. The van der Waals surface area contributed by atoms with Gasteiger partial charge in [0.1, 0.15) is 0 Å². The standard InChI is InChI=1S/C15H17N3O4/c1-10(15(20)21)8-16-14(19)13-12(22-2)9-18(17-13)11-6-4-3-5-7-11/h3-7,9-10H,8H2,1-2H3,(H,16,19)(H,20,21). The summed E-state index contributed by atoms with van der Waals surface area (Å²) in [6, 6.07) is 9.29. The molecule has 1 heterocycles. The van der Waals surface area contributed by atoms with Crippen LogP contribution in [0.5, 0.6) is 5.75 Å². The summed E-state index contributed by atoms with van der Waals surface area (Å²) in [5.74, 6) is -1.79. The van der Waals surface area contributed by atoms with Crippen molar-refractivity contribution in [3.05, 3.63) is 42.2 Å². The fourth-order valence-electron chi connectivity index (χ4n) is 1.79. The lowest BCUT2D eigenvalue weighted by Gasteiger charge is -2.07. The summed E-state index contributed by atoms with van der Waals surface area (Å²) >= 11 is 0. The van der Waals surface area contributed by atoms with E-state index in [0.29, 0.717) is 5.75 Å². The fourth-order valence-corrected chi connectivity index (χ4v) is 1.79. The van der Waals surface area contributed by atoms with Gasteiger partial charge < -0.3 is 15.2 Å². The molecule has 1 unspecified atom stereocenters. The number of carboxylic acid groups (broad SMARTS) is 1. The molecule has 1 atom stereocenters. The van der Waals surface area contributed by atoms with Crippen LogP contribution < -0.4 is 10.1 Å². The molecular weight excluding hydrogens is 286 g/mol. The second-order valence-electron chi connectivity index (χ2n) is 4.78. The molecule has 1 aromatic heterocycles. The van der Waals surface area contributed by atoms with Crippen LogP contribution in [0, 0.1) is 5.92 Å². The molecule has 0 radical (unpaired) electrons. The fraction of sp³-hybridized carbons (Fsp3) is 0.267. The van der Waals surface area contributed by atoms with Crippen molar-refractivity contribution in [2.24, 2.45) is 5.92 Å². The Morgan fingerprint density at radius 1 is 1.36 bits per heavy atom. The molecule has 1 amide bonds. The minimum atomic E-state index is -0.970. The molecule has 0 saturated heterocycles. The molecule has 1 aromatic carbocycles. The van der Waals surface area contributed by atoms with Gasteiger partial charge in [-0.15, -0.1) is 0 Å². The van der Waals surface area contributed by atoms with E-state index in [1.54, 1.807) is 6.20 Å². The number of para-hydroxylation sites is 1. The molecule has 2 N–H and O–H groups in total. The van der Waals surface area contributed by atoms with E-state index < -0.39 is 17.8 Å². The monoisotopic (exact) mass is 303 g/mol. The van der Waals surface area contributed by atoms with E-state index in [9.17, 15) is 9.59 Å². The molecule has 116 valence electrons. The Kier molecular flexibility index (Phi) is 4.77. The number of methoxy groups -OCH3 is 1. The number of aromatic nitrogens is 2. The Labute approximate surface area is 127 Å². The van der Waals surface area contributed by atoms with Crippen molar-refractivity contribution in [3.63, 3.8) is 0 Å². The second-order valence-corrected chi connectivity index (χ2v) is 4.78. The molecule has 0 saturated carbocycles. The Balaban J connectivity index is 2.18. The number of benzene rings is 1. The first-order chi connectivity index (χ1) is 10.5. The number of amides is 1. The summed E-state index contributed by atoms with van der Waals surface area (Å²) in [7, 11) is 1.45. The van der Waals surface area contributed by atoms with Gasteiger partial charge in [0.05, 0.1) is 24.9 Å². The van der Waals surface area contributed by atoms with Crippen molar-refractivity contribution in [1.29, 1.82) is 0 Å². The second kappa shape index (κ2) is 6.75. The summed E-state index contributed by atoms with van der Waals surface area (Å²) in [5.41, 5.74) is 0.905. The minimum Gasteiger partial charge on any atom is -0.493 e. The number of carboxylic acids is 1. The molecule has 0 aliphatic rings. The van der Waals surface area contributed by atoms with Crippen LogP contribution >= 0.6 is 0 Å². The zero-order valence-electron chi connectivity index (χ0n) is 12.3. The number of nitrogens with zero attached hydrogens (tertiary/aromatic N) is 2. The van der Waals surface area contributed by atoms with Gasteiger partial charge in [0.2, 0.25) is 0 Å². The molecular formula is C15H17N3O4. The van der Waals surface area contributed by atoms with Gasteiger partial charge >= 0.3 is 5.97 Å². The molecule has 0 aliphatic carbocycles. The third kappa shape index (κ3) is 3.43. The van der Waals surface area contributed by atoms with E-state index in [-0.39, 0.29) is 12.2 Å². The molecule has 7 heteroatoms. The van der Waals surface area contributed by atoms with Crippen LogP contribution in [-0.2, 0) is 4.79 Å². The number of hydrogen-bond acceptors (Lipinski definition) is 4. The summed E-state index contributed by atoms with van der Waals surface area (Å²) in [5, 5.41) is 15.6. The van der Waals surface area contributed by atoms with E-state index in [0.717, 1.165) is 5.69 Å². The first-order valence-electron chi connectivity index (χ1n) is 6.73. The number of aliphatic carboxylic acids is 1. The van der Waals surface area contributed by atoms with Gasteiger partial charge in [-0.05, 0) is 12.1 Å². The third-order valence-electron chi connectivity index (χ3n) is 3.13. The van der Waals surface area contributed by atoms with Crippen molar-refractivity contribution in [1.82, 2.24) is 15.1 Å². The van der Waals surface area contributed by atoms with Crippen molar-refractivity contribution in [2.75, 3.05) is 13.7 Å². The van der Waals surface area contributed by atoms with Crippen LogP contribution in [0.2, 0.25) is 0 Å². The smallest absolute Gasteiger partial charge is 0.308 e. The molecule has 0 bridgehead atoms. The lowest BCUT2D eigenvalue weighted by Crippen LogP contribution is -2.32. The maximum absolute atomic E-state index is 12.1. The zero-order valence-corrected chi connectivity index (χ0v) is 12.3.